The zero-order chi connectivity index (χ0) is 11.1. The minimum absolute atomic E-state index is 0.0139. The Morgan fingerprint density at radius 1 is 1.67 bits per heavy atom. The molecule has 4 nitrogen and oxygen atoms in total. The maximum Gasteiger partial charge on any atom is 0.234 e. The fourth-order valence-corrected chi connectivity index (χ4v) is 1.91. The molecule has 1 rings (SSSR count). The van der Waals surface area contributed by atoms with Gasteiger partial charge in [-0.2, -0.15) is 11.3 Å². The third-order valence-electron chi connectivity index (χ3n) is 1.88. The number of nitrogens with zero attached hydrogens (tertiary/aromatic N) is 1. The highest BCUT2D eigenvalue weighted by atomic mass is 32.1. The van der Waals surface area contributed by atoms with E-state index in [0.717, 1.165) is 6.54 Å². The fraction of sp³-hybridized carbons (Fsp3) is 0.500. The normalized spacial score (nSPS) is 10.6. The quantitative estimate of drug-likeness (QED) is 0.736. The summed E-state index contributed by atoms with van der Waals surface area (Å²) in [6.45, 7) is 1.44. The largest absolute Gasteiger partial charge is 0.395 e. The second-order valence-electron chi connectivity index (χ2n) is 3.38. The molecular formula is C10H16N2O2S. The first-order valence-corrected chi connectivity index (χ1v) is 5.74. The minimum Gasteiger partial charge on any atom is -0.395 e. The van der Waals surface area contributed by atoms with Gasteiger partial charge in [0.15, 0.2) is 0 Å². The maximum atomic E-state index is 11.3. The zero-order valence-electron chi connectivity index (χ0n) is 8.77. The van der Waals surface area contributed by atoms with E-state index in [2.05, 4.69) is 10.7 Å². The van der Waals surface area contributed by atoms with Crippen molar-refractivity contribution in [1.29, 1.82) is 0 Å². The molecule has 0 aliphatic heterocycles. The number of nitrogens with one attached hydrogen (secondary N) is 1. The van der Waals surface area contributed by atoms with Crippen LogP contribution in [0.25, 0.3) is 0 Å². The minimum atomic E-state index is -0.0539. The van der Waals surface area contributed by atoms with Gasteiger partial charge in [-0.1, -0.05) is 0 Å². The van der Waals surface area contributed by atoms with Crippen LogP contribution in [0, 0.1) is 0 Å². The standard InChI is InChI=1S/C10H16N2O2S/c1-12(6-9-2-5-15-8-9)7-10(14)11-3-4-13/h2,5,8,13H,3-4,6-7H2,1H3,(H,11,14). The summed E-state index contributed by atoms with van der Waals surface area (Å²) < 4.78 is 0. The van der Waals surface area contributed by atoms with Gasteiger partial charge in [-0.3, -0.25) is 9.69 Å². The van der Waals surface area contributed by atoms with Crippen molar-refractivity contribution in [3.05, 3.63) is 22.4 Å². The van der Waals surface area contributed by atoms with E-state index < -0.39 is 0 Å². The number of amides is 1. The smallest absolute Gasteiger partial charge is 0.234 e. The van der Waals surface area contributed by atoms with E-state index >= 15 is 0 Å². The first-order chi connectivity index (χ1) is 7.22. The Hall–Kier alpha value is -0.910. The average Bonchev–Trinajstić information content (AvgIpc) is 2.67. The SMILES string of the molecule is CN(CC(=O)NCCO)Cc1ccsc1. The Labute approximate surface area is 93.5 Å². The van der Waals surface area contributed by atoms with Gasteiger partial charge in [-0.15, -0.1) is 0 Å². The molecule has 0 fully saturated rings. The molecule has 15 heavy (non-hydrogen) atoms. The molecule has 0 atom stereocenters. The molecule has 0 saturated heterocycles. The monoisotopic (exact) mass is 228 g/mol. The molecule has 0 radical (unpaired) electrons. The van der Waals surface area contributed by atoms with Gasteiger partial charge in [0.25, 0.3) is 0 Å². The Kier molecular flexibility index (Phi) is 5.31. The molecule has 0 aliphatic carbocycles. The van der Waals surface area contributed by atoms with Crippen LogP contribution in [0.2, 0.25) is 0 Å². The lowest BCUT2D eigenvalue weighted by molar-refractivity contribution is -0.122. The molecule has 1 amide bonds. The van der Waals surface area contributed by atoms with Crippen LogP contribution >= 0.6 is 11.3 Å². The van der Waals surface area contributed by atoms with Gasteiger partial charge >= 0.3 is 0 Å². The van der Waals surface area contributed by atoms with Crippen molar-refractivity contribution in [3.63, 3.8) is 0 Å². The number of hydrogen-bond donors (Lipinski definition) is 2. The summed E-state index contributed by atoms with van der Waals surface area (Å²) >= 11 is 1.65. The van der Waals surface area contributed by atoms with E-state index in [1.807, 2.05) is 23.4 Å². The molecule has 1 aromatic rings. The van der Waals surface area contributed by atoms with E-state index in [1.165, 1.54) is 5.56 Å². The first-order valence-electron chi connectivity index (χ1n) is 4.79. The van der Waals surface area contributed by atoms with Crippen LogP contribution < -0.4 is 5.32 Å². The molecule has 0 aromatic carbocycles. The second kappa shape index (κ2) is 6.55. The van der Waals surface area contributed by atoms with E-state index in [-0.39, 0.29) is 12.5 Å². The molecule has 1 heterocycles. The Bertz CT molecular complexity index is 288. The molecule has 84 valence electrons. The van der Waals surface area contributed by atoms with Gasteiger partial charge in [0.05, 0.1) is 13.2 Å². The molecule has 5 heteroatoms. The van der Waals surface area contributed by atoms with Crippen molar-refractivity contribution in [3.8, 4) is 0 Å². The summed E-state index contributed by atoms with van der Waals surface area (Å²) in [5.74, 6) is -0.0539. The van der Waals surface area contributed by atoms with Crippen LogP contribution in [0.5, 0.6) is 0 Å². The summed E-state index contributed by atoms with van der Waals surface area (Å²) in [5, 5.41) is 15.2. The Balaban J connectivity index is 2.23. The van der Waals surface area contributed by atoms with Gasteiger partial charge in [-0.25, -0.2) is 0 Å². The fourth-order valence-electron chi connectivity index (χ4n) is 1.25. The van der Waals surface area contributed by atoms with Crippen LogP contribution in [0.3, 0.4) is 0 Å². The molecule has 0 saturated carbocycles. The van der Waals surface area contributed by atoms with Crippen molar-refractivity contribution in [1.82, 2.24) is 10.2 Å². The number of carbonyl (C=O) groups is 1. The molecule has 0 unspecified atom stereocenters. The van der Waals surface area contributed by atoms with Crippen LogP contribution in [0.15, 0.2) is 16.8 Å². The van der Waals surface area contributed by atoms with Crippen molar-refractivity contribution < 1.29 is 9.90 Å². The van der Waals surface area contributed by atoms with Gasteiger partial charge < -0.3 is 10.4 Å². The first kappa shape index (κ1) is 12.2. The lowest BCUT2D eigenvalue weighted by Crippen LogP contribution is -2.36. The van der Waals surface area contributed by atoms with Crippen molar-refractivity contribution in [2.75, 3.05) is 26.7 Å². The number of likely N-dealkylation sites (N-methyl/N-ethyl adjacent to an activating group) is 1. The van der Waals surface area contributed by atoms with Gasteiger partial charge in [0, 0.05) is 13.1 Å². The molecule has 0 spiro atoms. The van der Waals surface area contributed by atoms with E-state index in [4.69, 9.17) is 5.11 Å². The highest BCUT2D eigenvalue weighted by Crippen LogP contribution is 2.07. The zero-order valence-corrected chi connectivity index (χ0v) is 9.59. The molecule has 2 N–H and O–H groups in total. The number of rotatable bonds is 6. The number of hydrogen-bond acceptors (Lipinski definition) is 4. The highest BCUT2D eigenvalue weighted by Gasteiger charge is 2.06. The summed E-state index contributed by atoms with van der Waals surface area (Å²) in [6.07, 6.45) is 0. The average molecular weight is 228 g/mol. The van der Waals surface area contributed by atoms with E-state index in [0.29, 0.717) is 13.1 Å². The third kappa shape index (κ3) is 4.92. The van der Waals surface area contributed by atoms with Crippen molar-refractivity contribution >= 4 is 17.2 Å². The Morgan fingerprint density at radius 2 is 2.47 bits per heavy atom. The van der Waals surface area contributed by atoms with E-state index in [9.17, 15) is 4.79 Å². The number of aliphatic hydroxyl groups excluding tert-OH is 1. The molecular weight excluding hydrogens is 212 g/mol. The van der Waals surface area contributed by atoms with Gasteiger partial charge in [0.2, 0.25) is 5.91 Å². The lowest BCUT2D eigenvalue weighted by atomic mass is 10.3. The molecule has 0 aliphatic rings. The number of aliphatic hydroxyl groups is 1. The van der Waals surface area contributed by atoms with Crippen LogP contribution in [-0.4, -0.2) is 42.7 Å². The summed E-state index contributed by atoms with van der Waals surface area (Å²) in [5.41, 5.74) is 1.22. The summed E-state index contributed by atoms with van der Waals surface area (Å²) in [7, 11) is 1.90. The van der Waals surface area contributed by atoms with E-state index in [1.54, 1.807) is 11.3 Å². The van der Waals surface area contributed by atoms with Gasteiger partial charge in [0.1, 0.15) is 0 Å². The van der Waals surface area contributed by atoms with Crippen LogP contribution in [-0.2, 0) is 11.3 Å². The van der Waals surface area contributed by atoms with Crippen LogP contribution in [0.4, 0.5) is 0 Å². The van der Waals surface area contributed by atoms with Gasteiger partial charge in [-0.05, 0) is 29.4 Å². The topological polar surface area (TPSA) is 52.6 Å². The predicted octanol–water partition coefficient (Wildman–Crippen LogP) is 0.288. The predicted molar refractivity (Wildman–Crippen MR) is 60.7 cm³/mol. The lowest BCUT2D eigenvalue weighted by Gasteiger charge is -2.15. The molecule has 0 bridgehead atoms. The highest BCUT2D eigenvalue weighted by molar-refractivity contribution is 7.07. The summed E-state index contributed by atoms with van der Waals surface area (Å²) in [6, 6.07) is 2.05. The third-order valence-corrected chi connectivity index (χ3v) is 2.61. The maximum absolute atomic E-state index is 11.3. The second-order valence-corrected chi connectivity index (χ2v) is 4.16. The Morgan fingerprint density at radius 3 is 3.07 bits per heavy atom. The van der Waals surface area contributed by atoms with Crippen molar-refractivity contribution in [2.24, 2.45) is 0 Å². The number of carbonyl (C=O) groups excluding carboxylic acids is 1. The van der Waals surface area contributed by atoms with Crippen molar-refractivity contribution in [2.45, 2.75) is 6.54 Å². The number of thiophene rings is 1. The molecule has 1 aromatic heterocycles. The summed E-state index contributed by atoms with van der Waals surface area (Å²) in [4.78, 5) is 13.2. The van der Waals surface area contributed by atoms with Crippen LogP contribution in [0.1, 0.15) is 5.56 Å².